The van der Waals surface area contributed by atoms with E-state index in [0.29, 0.717) is 5.56 Å². The lowest BCUT2D eigenvalue weighted by Crippen LogP contribution is -2.10. The van der Waals surface area contributed by atoms with E-state index in [1.165, 1.54) is 18.4 Å². The summed E-state index contributed by atoms with van der Waals surface area (Å²) >= 11 is 0. The van der Waals surface area contributed by atoms with Crippen molar-refractivity contribution in [2.45, 2.75) is 6.92 Å². The van der Waals surface area contributed by atoms with Gasteiger partial charge in [0.05, 0.1) is 17.3 Å². The Kier molecular flexibility index (Phi) is 3.61. The minimum atomic E-state index is -0.490. The SMILES string of the molecule is Cc1ccc(OCC(=O)c2ccco2)cc1[N+](=O)[O-]. The largest absolute Gasteiger partial charge is 0.485 e. The van der Waals surface area contributed by atoms with Crippen LogP contribution in [0, 0.1) is 17.0 Å². The monoisotopic (exact) mass is 261 g/mol. The molecule has 1 aromatic heterocycles. The molecule has 0 radical (unpaired) electrons. The minimum absolute atomic E-state index is 0.0389. The zero-order chi connectivity index (χ0) is 13.8. The van der Waals surface area contributed by atoms with E-state index >= 15 is 0 Å². The van der Waals surface area contributed by atoms with Gasteiger partial charge in [0.15, 0.2) is 12.4 Å². The standard InChI is InChI=1S/C13H11NO5/c1-9-4-5-10(7-11(9)14(16)17)19-8-12(15)13-3-2-6-18-13/h2-7H,8H2,1H3. The van der Waals surface area contributed by atoms with Gasteiger partial charge in [0.25, 0.3) is 5.69 Å². The average molecular weight is 261 g/mol. The molecule has 0 unspecified atom stereocenters. The smallest absolute Gasteiger partial charge is 0.276 e. The summed E-state index contributed by atoms with van der Waals surface area (Å²) < 4.78 is 10.2. The highest BCUT2D eigenvalue weighted by Gasteiger charge is 2.13. The molecule has 6 nitrogen and oxygen atoms in total. The van der Waals surface area contributed by atoms with Gasteiger partial charge in [-0.3, -0.25) is 14.9 Å². The van der Waals surface area contributed by atoms with E-state index in [4.69, 9.17) is 9.15 Å². The van der Waals surface area contributed by atoms with E-state index in [2.05, 4.69) is 0 Å². The van der Waals surface area contributed by atoms with Crippen LogP contribution in [0.2, 0.25) is 0 Å². The molecule has 2 aromatic rings. The third kappa shape index (κ3) is 2.98. The van der Waals surface area contributed by atoms with Gasteiger partial charge in [0.2, 0.25) is 5.78 Å². The fourth-order valence-electron chi connectivity index (χ4n) is 1.53. The Hall–Kier alpha value is -2.63. The summed E-state index contributed by atoms with van der Waals surface area (Å²) in [6.45, 7) is 1.41. The van der Waals surface area contributed by atoms with Crippen LogP contribution in [0.25, 0.3) is 0 Å². The number of hydrogen-bond donors (Lipinski definition) is 0. The molecule has 6 heteroatoms. The first-order valence-corrected chi connectivity index (χ1v) is 5.52. The van der Waals surface area contributed by atoms with Gasteiger partial charge in [-0.25, -0.2) is 0 Å². The third-order valence-electron chi connectivity index (χ3n) is 2.54. The molecule has 0 bridgehead atoms. The summed E-state index contributed by atoms with van der Waals surface area (Å²) in [6, 6.07) is 7.58. The van der Waals surface area contributed by atoms with E-state index in [9.17, 15) is 14.9 Å². The van der Waals surface area contributed by atoms with Gasteiger partial charge in [-0.1, -0.05) is 0 Å². The predicted molar refractivity (Wildman–Crippen MR) is 66.4 cm³/mol. The van der Waals surface area contributed by atoms with Crippen LogP contribution in [-0.2, 0) is 0 Å². The van der Waals surface area contributed by atoms with E-state index < -0.39 is 4.92 Å². The van der Waals surface area contributed by atoms with Crippen molar-refractivity contribution in [2.24, 2.45) is 0 Å². The summed E-state index contributed by atoms with van der Waals surface area (Å²) in [7, 11) is 0. The van der Waals surface area contributed by atoms with Crippen LogP contribution in [0.1, 0.15) is 16.1 Å². The summed E-state index contributed by atoms with van der Waals surface area (Å²) in [6.07, 6.45) is 1.39. The lowest BCUT2D eigenvalue weighted by Gasteiger charge is -2.05. The fraction of sp³-hybridized carbons (Fsp3) is 0.154. The number of nitro groups is 1. The Morgan fingerprint density at radius 3 is 2.84 bits per heavy atom. The first-order valence-electron chi connectivity index (χ1n) is 5.52. The van der Waals surface area contributed by atoms with Crippen molar-refractivity contribution < 1.29 is 18.9 Å². The van der Waals surface area contributed by atoms with Crippen molar-refractivity contribution in [3.05, 3.63) is 58.0 Å². The second-order valence-corrected chi connectivity index (χ2v) is 3.89. The molecule has 0 aliphatic carbocycles. The topological polar surface area (TPSA) is 82.6 Å². The van der Waals surface area contributed by atoms with E-state index in [1.54, 1.807) is 25.1 Å². The number of Topliss-reactive ketones (excluding diaryl/α,β-unsaturated/α-hetero) is 1. The summed E-state index contributed by atoms with van der Waals surface area (Å²) in [4.78, 5) is 21.9. The van der Waals surface area contributed by atoms with Crippen molar-refractivity contribution in [2.75, 3.05) is 6.61 Å². The van der Waals surface area contributed by atoms with Crippen molar-refractivity contribution in [3.63, 3.8) is 0 Å². The molecule has 0 fully saturated rings. The Bertz CT molecular complexity index is 604. The molecule has 2 rings (SSSR count). The maximum absolute atomic E-state index is 11.6. The maximum atomic E-state index is 11.6. The number of nitrogens with zero attached hydrogens (tertiary/aromatic N) is 1. The second-order valence-electron chi connectivity index (χ2n) is 3.89. The van der Waals surface area contributed by atoms with Crippen molar-refractivity contribution in [1.82, 2.24) is 0 Å². The van der Waals surface area contributed by atoms with Crippen LogP contribution in [0.4, 0.5) is 5.69 Å². The van der Waals surface area contributed by atoms with E-state index in [1.807, 2.05) is 0 Å². The number of rotatable bonds is 5. The fourth-order valence-corrected chi connectivity index (χ4v) is 1.53. The molecule has 1 aromatic carbocycles. The number of ketones is 1. The number of furan rings is 1. The predicted octanol–water partition coefficient (Wildman–Crippen LogP) is 2.76. The van der Waals surface area contributed by atoms with Gasteiger partial charge >= 0.3 is 0 Å². The van der Waals surface area contributed by atoms with Crippen molar-refractivity contribution in [3.8, 4) is 5.75 Å². The Labute approximate surface area is 108 Å². The van der Waals surface area contributed by atoms with Crippen molar-refractivity contribution in [1.29, 1.82) is 0 Å². The average Bonchev–Trinajstić information content (AvgIpc) is 2.91. The first-order chi connectivity index (χ1) is 9.08. The van der Waals surface area contributed by atoms with Gasteiger partial charge in [-0.05, 0) is 31.2 Å². The van der Waals surface area contributed by atoms with Crippen LogP contribution in [0.15, 0.2) is 41.0 Å². The molecule has 98 valence electrons. The van der Waals surface area contributed by atoms with Gasteiger partial charge in [-0.2, -0.15) is 0 Å². The third-order valence-corrected chi connectivity index (χ3v) is 2.54. The van der Waals surface area contributed by atoms with Crippen LogP contribution in [-0.4, -0.2) is 17.3 Å². The zero-order valence-electron chi connectivity index (χ0n) is 10.2. The number of hydrogen-bond acceptors (Lipinski definition) is 5. The number of nitro benzene ring substituents is 1. The number of carbonyl (C=O) groups excluding carboxylic acids is 1. The lowest BCUT2D eigenvalue weighted by molar-refractivity contribution is -0.385. The van der Waals surface area contributed by atoms with Crippen LogP contribution >= 0.6 is 0 Å². The second kappa shape index (κ2) is 5.34. The maximum Gasteiger partial charge on any atom is 0.276 e. The van der Waals surface area contributed by atoms with Gasteiger partial charge < -0.3 is 9.15 Å². The molecular weight excluding hydrogens is 250 g/mol. The highest BCUT2D eigenvalue weighted by atomic mass is 16.6. The Morgan fingerprint density at radius 2 is 2.21 bits per heavy atom. The molecule has 0 aliphatic rings. The molecule has 1 heterocycles. The van der Waals surface area contributed by atoms with Crippen LogP contribution in [0.5, 0.6) is 5.75 Å². The number of carbonyl (C=O) groups is 1. The molecule has 0 N–H and O–H groups in total. The lowest BCUT2D eigenvalue weighted by atomic mass is 10.2. The number of aryl methyl sites for hydroxylation is 1. The van der Waals surface area contributed by atoms with Crippen LogP contribution in [0.3, 0.4) is 0 Å². The summed E-state index contributed by atoms with van der Waals surface area (Å²) in [5.41, 5.74) is 0.498. The molecule has 0 saturated heterocycles. The molecule has 19 heavy (non-hydrogen) atoms. The Morgan fingerprint density at radius 1 is 1.42 bits per heavy atom. The zero-order valence-corrected chi connectivity index (χ0v) is 10.2. The van der Waals surface area contributed by atoms with Crippen LogP contribution < -0.4 is 4.74 Å². The van der Waals surface area contributed by atoms with Gasteiger partial charge in [0.1, 0.15) is 5.75 Å². The summed E-state index contributed by atoms with van der Waals surface area (Å²) in [5, 5.41) is 10.8. The van der Waals surface area contributed by atoms with Gasteiger partial charge in [0, 0.05) is 5.56 Å². The highest BCUT2D eigenvalue weighted by molar-refractivity contribution is 5.94. The van der Waals surface area contributed by atoms with E-state index in [-0.39, 0.29) is 29.6 Å². The summed E-state index contributed by atoms with van der Waals surface area (Å²) in [5.74, 6) is 0.145. The van der Waals surface area contributed by atoms with Gasteiger partial charge in [-0.15, -0.1) is 0 Å². The molecule has 0 spiro atoms. The Balaban J connectivity index is 2.06. The van der Waals surface area contributed by atoms with E-state index in [0.717, 1.165) is 0 Å². The highest BCUT2D eigenvalue weighted by Crippen LogP contribution is 2.23. The molecule has 0 amide bonds. The number of benzene rings is 1. The normalized spacial score (nSPS) is 10.2. The number of ether oxygens (including phenoxy) is 1. The molecule has 0 atom stereocenters. The molecule has 0 aliphatic heterocycles. The first kappa shape index (κ1) is 12.8. The minimum Gasteiger partial charge on any atom is -0.485 e. The molecular formula is C13H11NO5. The quantitative estimate of drug-likeness (QED) is 0.469. The van der Waals surface area contributed by atoms with Crippen molar-refractivity contribution >= 4 is 11.5 Å². The molecule has 0 saturated carbocycles.